The summed E-state index contributed by atoms with van der Waals surface area (Å²) in [5, 5.41) is 4.84. The number of carbonyl (C=O) groups excluding carboxylic acids is 2. The van der Waals surface area contributed by atoms with Crippen LogP contribution in [-0.2, 0) is 14.3 Å². The molecular weight excluding hydrogens is 382 g/mol. The quantitative estimate of drug-likeness (QED) is 0.511. The van der Waals surface area contributed by atoms with Gasteiger partial charge in [0.15, 0.2) is 18.1 Å². The van der Waals surface area contributed by atoms with E-state index in [1.165, 1.54) is 6.08 Å². The van der Waals surface area contributed by atoms with Crippen LogP contribution in [0.3, 0.4) is 0 Å². The lowest BCUT2D eigenvalue weighted by Crippen LogP contribution is -2.20. The fourth-order valence-corrected chi connectivity index (χ4v) is 3.10. The first-order valence-corrected chi connectivity index (χ1v) is 9.70. The highest BCUT2D eigenvalue weighted by Gasteiger charge is 2.10. The molecule has 1 aliphatic heterocycles. The van der Waals surface area contributed by atoms with Crippen LogP contribution < -0.4 is 14.8 Å². The maximum Gasteiger partial charge on any atom is 0.331 e. The molecule has 1 aliphatic rings. The Kier molecular flexibility index (Phi) is 5.94. The van der Waals surface area contributed by atoms with E-state index >= 15 is 0 Å². The summed E-state index contributed by atoms with van der Waals surface area (Å²) in [7, 11) is 0. The predicted molar refractivity (Wildman–Crippen MR) is 115 cm³/mol. The number of amides is 1. The molecule has 0 atom stereocenters. The number of anilines is 1. The summed E-state index contributed by atoms with van der Waals surface area (Å²) in [6.45, 7) is 0.849. The Labute approximate surface area is 174 Å². The van der Waals surface area contributed by atoms with Gasteiger partial charge in [0, 0.05) is 18.2 Å². The van der Waals surface area contributed by atoms with E-state index in [-0.39, 0.29) is 6.61 Å². The van der Waals surface area contributed by atoms with Crippen molar-refractivity contribution in [2.75, 3.05) is 25.1 Å². The molecule has 3 aromatic rings. The van der Waals surface area contributed by atoms with Crippen LogP contribution >= 0.6 is 0 Å². The third kappa shape index (κ3) is 4.97. The second-order valence-electron chi connectivity index (χ2n) is 6.81. The van der Waals surface area contributed by atoms with Gasteiger partial charge in [-0.05, 0) is 46.7 Å². The molecule has 1 N–H and O–H groups in total. The monoisotopic (exact) mass is 403 g/mol. The van der Waals surface area contributed by atoms with Gasteiger partial charge in [0.25, 0.3) is 5.91 Å². The summed E-state index contributed by atoms with van der Waals surface area (Å²) in [6.07, 6.45) is 3.72. The Morgan fingerprint density at radius 2 is 1.73 bits per heavy atom. The van der Waals surface area contributed by atoms with Gasteiger partial charge in [-0.25, -0.2) is 4.79 Å². The summed E-state index contributed by atoms with van der Waals surface area (Å²) in [5.41, 5.74) is 1.43. The molecule has 3 aromatic carbocycles. The number of rotatable bonds is 5. The summed E-state index contributed by atoms with van der Waals surface area (Å²) in [4.78, 5) is 24.0. The topological polar surface area (TPSA) is 73.9 Å². The maximum atomic E-state index is 12.1. The molecule has 0 fully saturated rings. The molecule has 0 unspecified atom stereocenters. The zero-order valence-electron chi connectivity index (χ0n) is 16.3. The molecule has 6 nitrogen and oxygen atoms in total. The normalized spacial score (nSPS) is 13.1. The van der Waals surface area contributed by atoms with Gasteiger partial charge in [-0.15, -0.1) is 0 Å². The number of benzene rings is 3. The third-order valence-electron chi connectivity index (χ3n) is 4.56. The van der Waals surface area contributed by atoms with Crippen LogP contribution in [0.4, 0.5) is 5.69 Å². The van der Waals surface area contributed by atoms with Crippen molar-refractivity contribution in [3.05, 3.63) is 72.3 Å². The van der Waals surface area contributed by atoms with E-state index < -0.39 is 11.9 Å². The van der Waals surface area contributed by atoms with Crippen molar-refractivity contribution in [1.82, 2.24) is 0 Å². The number of hydrogen-bond donors (Lipinski definition) is 1. The predicted octanol–water partition coefficient (Wildman–Crippen LogP) is 4.20. The highest BCUT2D eigenvalue weighted by Crippen LogP contribution is 2.30. The zero-order valence-corrected chi connectivity index (χ0v) is 16.3. The Bertz CT molecular complexity index is 1110. The highest BCUT2D eigenvalue weighted by atomic mass is 16.5. The first-order chi connectivity index (χ1) is 14.7. The number of fused-ring (bicyclic) bond motifs is 2. The molecule has 0 saturated heterocycles. The lowest BCUT2D eigenvalue weighted by atomic mass is 10.1. The van der Waals surface area contributed by atoms with Gasteiger partial charge < -0.3 is 19.5 Å². The summed E-state index contributed by atoms with van der Waals surface area (Å²) in [5.74, 6) is 0.341. The molecule has 6 heteroatoms. The molecule has 0 radical (unpaired) electrons. The van der Waals surface area contributed by atoms with Crippen LogP contribution in [-0.4, -0.2) is 31.7 Å². The Morgan fingerprint density at radius 3 is 2.60 bits per heavy atom. The molecule has 30 heavy (non-hydrogen) atoms. The molecule has 0 aromatic heterocycles. The zero-order chi connectivity index (χ0) is 20.8. The van der Waals surface area contributed by atoms with Crippen LogP contribution in [0.5, 0.6) is 11.5 Å². The first kappa shape index (κ1) is 19.5. The Morgan fingerprint density at radius 1 is 0.933 bits per heavy atom. The maximum absolute atomic E-state index is 12.1. The van der Waals surface area contributed by atoms with Gasteiger partial charge in [-0.1, -0.05) is 36.4 Å². The van der Waals surface area contributed by atoms with E-state index in [4.69, 9.17) is 14.2 Å². The highest BCUT2D eigenvalue weighted by molar-refractivity contribution is 5.96. The average Bonchev–Trinajstić information content (AvgIpc) is 3.01. The summed E-state index contributed by atoms with van der Waals surface area (Å²) < 4.78 is 16.2. The molecule has 1 heterocycles. The second kappa shape index (κ2) is 9.13. The SMILES string of the molecule is O=C(COC(=O)/C=C/c1ccc2c(c1)OCCCO2)Nc1ccc2ccccc2c1. The lowest BCUT2D eigenvalue weighted by molar-refractivity contribution is -0.142. The van der Waals surface area contributed by atoms with Crippen molar-refractivity contribution in [2.24, 2.45) is 0 Å². The molecule has 0 bridgehead atoms. The number of nitrogens with one attached hydrogen (secondary N) is 1. The van der Waals surface area contributed by atoms with Crippen molar-refractivity contribution in [2.45, 2.75) is 6.42 Å². The number of esters is 1. The molecule has 0 spiro atoms. The Balaban J connectivity index is 1.29. The van der Waals surface area contributed by atoms with Crippen LogP contribution in [0, 0.1) is 0 Å². The largest absolute Gasteiger partial charge is 0.490 e. The number of carbonyl (C=O) groups is 2. The van der Waals surface area contributed by atoms with E-state index in [1.54, 1.807) is 12.1 Å². The lowest BCUT2D eigenvalue weighted by Gasteiger charge is -2.07. The van der Waals surface area contributed by atoms with E-state index in [0.29, 0.717) is 30.4 Å². The van der Waals surface area contributed by atoms with Gasteiger partial charge in [0.05, 0.1) is 13.2 Å². The standard InChI is InChI=1S/C24H21NO5/c26-23(25-20-9-8-18-4-1-2-5-19(18)15-20)16-30-24(27)11-7-17-6-10-21-22(14-17)29-13-3-12-28-21/h1-2,4-11,14-15H,3,12-13,16H2,(H,25,26)/b11-7+. The van der Waals surface area contributed by atoms with Crippen molar-refractivity contribution in [1.29, 1.82) is 0 Å². The van der Waals surface area contributed by atoms with Gasteiger partial charge in [-0.2, -0.15) is 0 Å². The van der Waals surface area contributed by atoms with Gasteiger partial charge in [0.2, 0.25) is 0 Å². The summed E-state index contributed by atoms with van der Waals surface area (Å²) >= 11 is 0. The average molecular weight is 403 g/mol. The smallest absolute Gasteiger partial charge is 0.331 e. The van der Waals surface area contributed by atoms with Crippen molar-refractivity contribution in [3.8, 4) is 11.5 Å². The van der Waals surface area contributed by atoms with Crippen LogP contribution in [0.1, 0.15) is 12.0 Å². The third-order valence-corrected chi connectivity index (χ3v) is 4.56. The van der Waals surface area contributed by atoms with Crippen molar-refractivity contribution < 1.29 is 23.8 Å². The minimum Gasteiger partial charge on any atom is -0.490 e. The molecule has 1 amide bonds. The molecule has 0 saturated carbocycles. The minimum atomic E-state index is -0.601. The fourth-order valence-electron chi connectivity index (χ4n) is 3.10. The molecular formula is C24H21NO5. The molecule has 0 aliphatic carbocycles. The van der Waals surface area contributed by atoms with Crippen molar-refractivity contribution in [3.63, 3.8) is 0 Å². The Hall–Kier alpha value is -3.80. The minimum absolute atomic E-state index is 0.364. The molecule has 152 valence electrons. The van der Waals surface area contributed by atoms with E-state index in [2.05, 4.69) is 5.32 Å². The second-order valence-corrected chi connectivity index (χ2v) is 6.81. The van der Waals surface area contributed by atoms with Crippen LogP contribution in [0.2, 0.25) is 0 Å². The van der Waals surface area contributed by atoms with Crippen LogP contribution in [0.25, 0.3) is 16.8 Å². The fraction of sp³-hybridized carbons (Fsp3) is 0.167. The van der Waals surface area contributed by atoms with Gasteiger partial charge >= 0.3 is 5.97 Å². The van der Waals surface area contributed by atoms with Crippen molar-refractivity contribution >= 4 is 34.4 Å². The number of hydrogen-bond acceptors (Lipinski definition) is 5. The van der Waals surface area contributed by atoms with Gasteiger partial charge in [0.1, 0.15) is 0 Å². The van der Waals surface area contributed by atoms with Gasteiger partial charge in [-0.3, -0.25) is 4.79 Å². The first-order valence-electron chi connectivity index (χ1n) is 9.70. The summed E-state index contributed by atoms with van der Waals surface area (Å²) in [6, 6.07) is 18.9. The molecule has 4 rings (SSSR count). The number of ether oxygens (including phenoxy) is 3. The van der Waals surface area contributed by atoms with E-state index in [0.717, 1.165) is 22.8 Å². The van der Waals surface area contributed by atoms with E-state index in [9.17, 15) is 9.59 Å². The van der Waals surface area contributed by atoms with E-state index in [1.807, 2.05) is 54.6 Å². The van der Waals surface area contributed by atoms with Crippen LogP contribution in [0.15, 0.2) is 66.7 Å².